The predicted octanol–water partition coefficient (Wildman–Crippen LogP) is 7.59. The van der Waals surface area contributed by atoms with Crippen LogP contribution >= 0.6 is 0 Å². The quantitative estimate of drug-likeness (QED) is 0.113. The molecule has 0 N–H and O–H groups in total. The molecule has 7 nitrogen and oxygen atoms in total. The van der Waals surface area contributed by atoms with Crippen molar-refractivity contribution in [3.63, 3.8) is 0 Å². The number of imidazole rings is 1. The van der Waals surface area contributed by atoms with Crippen LogP contribution in [0.2, 0.25) is 0 Å². The molecule has 5 aromatic rings. The molecule has 0 aliphatic rings. The van der Waals surface area contributed by atoms with Crippen LogP contribution in [0.4, 0.5) is 32.2 Å². The minimum Gasteiger partial charge on any atom is -0.358 e. The summed E-state index contributed by atoms with van der Waals surface area (Å²) in [7, 11) is -4.16. The number of pyridine rings is 1. The second-order valence-corrected chi connectivity index (χ2v) is 11.2. The summed E-state index contributed by atoms with van der Waals surface area (Å²) in [4.78, 5) is 15.4. The Labute approximate surface area is 233 Å². The van der Waals surface area contributed by atoms with Crippen molar-refractivity contribution in [2.24, 2.45) is 0 Å². The van der Waals surface area contributed by atoms with Crippen LogP contribution < -0.4 is 0 Å². The molecule has 0 saturated carbocycles. The first kappa shape index (κ1) is 28.8. The molecule has 14 heteroatoms. The van der Waals surface area contributed by atoms with Crippen molar-refractivity contribution in [3.8, 4) is 22.3 Å². The highest BCUT2D eigenvalue weighted by atomic mass is 32.2. The second-order valence-electron chi connectivity index (χ2n) is 9.20. The SMILES string of the molecule is O=[N+]([O-])c1c(CS(=O)(=O)c2ccccc2)nc2c(-c3cccc(C(F)(F)F)c3)cc(-c3cccc(C(F)(F)F)c3)cn12. The smallest absolute Gasteiger partial charge is 0.358 e. The van der Waals surface area contributed by atoms with Gasteiger partial charge in [-0.2, -0.15) is 30.7 Å². The van der Waals surface area contributed by atoms with Gasteiger partial charge in [-0.05, 0) is 58.5 Å². The van der Waals surface area contributed by atoms with E-state index in [2.05, 4.69) is 4.98 Å². The Morgan fingerprint density at radius 2 is 1.33 bits per heavy atom. The lowest BCUT2D eigenvalue weighted by molar-refractivity contribution is -0.391. The first-order valence-corrected chi connectivity index (χ1v) is 13.6. The second kappa shape index (κ2) is 10.3. The van der Waals surface area contributed by atoms with Gasteiger partial charge in [-0.3, -0.25) is 0 Å². The standard InChI is InChI=1S/C28H17F6N3O4S/c29-27(30,31)20-8-4-6-17(12-20)19-14-23(18-7-5-9-21(13-18)28(32,33)34)25-35-24(26(37(38)39)36(25)15-19)16-42(40,41)22-10-2-1-3-11-22/h1-15H,16H2. The Morgan fingerprint density at radius 1 is 0.762 bits per heavy atom. The molecule has 0 amide bonds. The van der Waals surface area contributed by atoms with E-state index in [4.69, 9.17) is 0 Å². The summed E-state index contributed by atoms with van der Waals surface area (Å²) < 4.78 is 108. The molecule has 0 aliphatic carbocycles. The number of hydrogen-bond acceptors (Lipinski definition) is 5. The van der Waals surface area contributed by atoms with Gasteiger partial charge in [0.1, 0.15) is 11.9 Å². The van der Waals surface area contributed by atoms with Crippen molar-refractivity contribution < 1.29 is 39.7 Å². The summed E-state index contributed by atoms with van der Waals surface area (Å²) in [6.45, 7) is 0. The van der Waals surface area contributed by atoms with E-state index in [1.54, 1.807) is 6.07 Å². The molecular formula is C28H17F6N3O4S. The molecule has 0 aliphatic heterocycles. The molecule has 2 aromatic heterocycles. The van der Waals surface area contributed by atoms with E-state index in [0.29, 0.717) is 0 Å². The summed E-state index contributed by atoms with van der Waals surface area (Å²) >= 11 is 0. The molecule has 0 bridgehead atoms. The summed E-state index contributed by atoms with van der Waals surface area (Å²) in [5, 5.41) is 12.2. The Bertz CT molecular complexity index is 1940. The van der Waals surface area contributed by atoms with E-state index in [9.17, 15) is 44.9 Å². The van der Waals surface area contributed by atoms with Gasteiger partial charge in [0.05, 0.1) is 16.0 Å². The Balaban J connectivity index is 1.80. The van der Waals surface area contributed by atoms with Crippen molar-refractivity contribution in [2.75, 3.05) is 0 Å². The van der Waals surface area contributed by atoms with Gasteiger partial charge < -0.3 is 10.1 Å². The maximum atomic E-state index is 13.5. The fraction of sp³-hybridized carbons (Fsp3) is 0.107. The van der Waals surface area contributed by atoms with Crippen LogP contribution in [0.5, 0.6) is 0 Å². The fourth-order valence-corrected chi connectivity index (χ4v) is 5.76. The molecule has 3 aromatic carbocycles. The van der Waals surface area contributed by atoms with E-state index in [0.717, 1.165) is 47.0 Å². The molecular weight excluding hydrogens is 588 g/mol. The highest BCUT2D eigenvalue weighted by Crippen LogP contribution is 2.39. The number of halogens is 6. The largest absolute Gasteiger partial charge is 0.416 e. The van der Waals surface area contributed by atoms with Crippen molar-refractivity contribution in [3.05, 3.63) is 118 Å². The number of fused-ring (bicyclic) bond motifs is 1. The van der Waals surface area contributed by atoms with Gasteiger partial charge >= 0.3 is 18.2 Å². The lowest BCUT2D eigenvalue weighted by atomic mass is 9.98. The molecule has 2 heterocycles. The van der Waals surface area contributed by atoms with Gasteiger partial charge in [0, 0.05) is 11.1 Å². The molecule has 0 unspecified atom stereocenters. The fourth-order valence-electron chi connectivity index (χ4n) is 4.47. The van der Waals surface area contributed by atoms with Crippen LogP contribution in [0, 0.1) is 10.1 Å². The Hall–Kier alpha value is -4.72. The number of aromatic nitrogens is 2. The highest BCUT2D eigenvalue weighted by Gasteiger charge is 2.34. The van der Waals surface area contributed by atoms with Crippen molar-refractivity contribution in [2.45, 2.75) is 23.0 Å². The lowest BCUT2D eigenvalue weighted by Gasteiger charge is -2.11. The number of nitrogens with zero attached hydrogens (tertiary/aromatic N) is 3. The third-order valence-electron chi connectivity index (χ3n) is 6.39. The van der Waals surface area contributed by atoms with E-state index >= 15 is 0 Å². The highest BCUT2D eigenvalue weighted by molar-refractivity contribution is 7.90. The zero-order valence-corrected chi connectivity index (χ0v) is 21.8. The maximum Gasteiger partial charge on any atom is 0.416 e. The van der Waals surface area contributed by atoms with E-state index < -0.39 is 55.5 Å². The number of benzene rings is 3. The van der Waals surface area contributed by atoms with Crippen molar-refractivity contribution in [1.29, 1.82) is 0 Å². The number of sulfone groups is 1. The Kier molecular flexibility index (Phi) is 7.05. The zero-order valence-electron chi connectivity index (χ0n) is 21.0. The van der Waals surface area contributed by atoms with Gasteiger partial charge in [0.15, 0.2) is 15.5 Å². The number of rotatable bonds is 6. The monoisotopic (exact) mass is 605 g/mol. The number of alkyl halides is 6. The van der Waals surface area contributed by atoms with Gasteiger partial charge in [-0.15, -0.1) is 0 Å². The minimum atomic E-state index is -4.75. The third kappa shape index (κ3) is 5.57. The van der Waals surface area contributed by atoms with Crippen molar-refractivity contribution in [1.82, 2.24) is 9.38 Å². The molecule has 5 rings (SSSR count). The molecule has 0 fully saturated rings. The minimum absolute atomic E-state index is 0.0148. The topological polar surface area (TPSA) is 94.6 Å². The molecule has 0 saturated heterocycles. The van der Waals surface area contributed by atoms with Crippen molar-refractivity contribution >= 4 is 21.3 Å². The van der Waals surface area contributed by atoms with Crippen LogP contribution in [0.1, 0.15) is 16.8 Å². The van der Waals surface area contributed by atoms with Crippen LogP contribution in [-0.4, -0.2) is 22.7 Å². The average molecular weight is 606 g/mol. The lowest BCUT2D eigenvalue weighted by Crippen LogP contribution is -2.07. The predicted molar refractivity (Wildman–Crippen MR) is 140 cm³/mol. The van der Waals surface area contributed by atoms with Gasteiger partial charge in [0.25, 0.3) is 0 Å². The van der Waals surface area contributed by atoms with E-state index in [1.165, 1.54) is 42.5 Å². The first-order valence-electron chi connectivity index (χ1n) is 12.0. The maximum absolute atomic E-state index is 13.5. The van der Waals surface area contributed by atoms with Gasteiger partial charge in [-0.1, -0.05) is 42.5 Å². The van der Waals surface area contributed by atoms with Crippen LogP contribution in [0.3, 0.4) is 0 Å². The van der Waals surface area contributed by atoms with Gasteiger partial charge in [0.2, 0.25) is 5.65 Å². The third-order valence-corrected chi connectivity index (χ3v) is 8.03. The normalized spacial score (nSPS) is 12.5. The number of hydrogen-bond donors (Lipinski definition) is 0. The van der Waals surface area contributed by atoms with Crippen LogP contribution in [0.15, 0.2) is 96.0 Å². The molecule has 216 valence electrons. The van der Waals surface area contributed by atoms with Crippen LogP contribution in [0.25, 0.3) is 27.9 Å². The van der Waals surface area contributed by atoms with E-state index in [1.807, 2.05) is 0 Å². The Morgan fingerprint density at radius 3 is 1.90 bits per heavy atom. The summed E-state index contributed by atoms with van der Waals surface area (Å²) in [5.74, 6) is -1.72. The summed E-state index contributed by atoms with van der Waals surface area (Å²) in [5.41, 5.74) is -3.07. The van der Waals surface area contributed by atoms with Crippen LogP contribution in [-0.2, 0) is 27.9 Å². The zero-order chi connectivity index (χ0) is 30.4. The molecule has 0 spiro atoms. The molecule has 0 radical (unpaired) electrons. The molecule has 0 atom stereocenters. The average Bonchev–Trinajstić information content (AvgIpc) is 3.29. The first-order chi connectivity index (χ1) is 19.6. The molecule has 42 heavy (non-hydrogen) atoms. The number of nitro groups is 1. The van der Waals surface area contributed by atoms with E-state index in [-0.39, 0.29) is 32.8 Å². The summed E-state index contributed by atoms with van der Waals surface area (Å²) in [6, 6.07) is 16.3. The summed E-state index contributed by atoms with van der Waals surface area (Å²) in [6.07, 6.45) is -8.36. The van der Waals surface area contributed by atoms with Gasteiger partial charge in [-0.25, -0.2) is 13.4 Å².